The van der Waals surface area contributed by atoms with E-state index < -0.39 is 5.97 Å². The molecular weight excluding hydrogens is 264 g/mol. The van der Waals surface area contributed by atoms with Crippen molar-refractivity contribution in [3.8, 4) is 0 Å². The quantitative estimate of drug-likeness (QED) is 0.330. The van der Waals surface area contributed by atoms with Crippen LogP contribution in [0.25, 0.3) is 0 Å². The predicted molar refractivity (Wildman–Crippen MR) is 87.5 cm³/mol. The van der Waals surface area contributed by atoms with Gasteiger partial charge in [-0.25, -0.2) is 0 Å². The number of rotatable bonds is 15. The third-order valence-corrected chi connectivity index (χ3v) is 3.58. The fourth-order valence-corrected chi connectivity index (χ4v) is 2.30. The number of carboxylic acid groups (broad SMARTS) is 1. The molecule has 0 unspecified atom stereocenters. The van der Waals surface area contributed by atoms with Crippen LogP contribution in [0.2, 0.25) is 0 Å². The first-order valence-electron chi connectivity index (χ1n) is 8.55. The standard InChI is InChI=1S/C18H32O3/c1-2-3-4-5-8-11-14-17(19)15-12-9-6-7-10-13-16-18(20)21/h3-4H,2,5-16H2,1H3,(H,20,21)/b4-3-. The molecule has 0 heterocycles. The van der Waals surface area contributed by atoms with Gasteiger partial charge in [-0.3, -0.25) is 9.59 Å². The van der Waals surface area contributed by atoms with Crippen LogP contribution < -0.4 is 0 Å². The molecule has 0 saturated heterocycles. The zero-order valence-electron chi connectivity index (χ0n) is 13.6. The van der Waals surface area contributed by atoms with E-state index in [2.05, 4.69) is 19.1 Å². The number of carboxylic acids is 1. The van der Waals surface area contributed by atoms with E-state index in [9.17, 15) is 9.59 Å². The van der Waals surface area contributed by atoms with Gasteiger partial charge in [0, 0.05) is 19.3 Å². The van der Waals surface area contributed by atoms with Gasteiger partial charge >= 0.3 is 5.97 Å². The summed E-state index contributed by atoms with van der Waals surface area (Å²) in [7, 11) is 0. The molecule has 3 heteroatoms. The van der Waals surface area contributed by atoms with Gasteiger partial charge in [0.05, 0.1) is 0 Å². The van der Waals surface area contributed by atoms with Crippen molar-refractivity contribution in [3.63, 3.8) is 0 Å². The summed E-state index contributed by atoms with van der Waals surface area (Å²) in [5.41, 5.74) is 0. The van der Waals surface area contributed by atoms with Gasteiger partial charge in [-0.15, -0.1) is 0 Å². The van der Waals surface area contributed by atoms with Crippen LogP contribution in [0, 0.1) is 0 Å². The summed E-state index contributed by atoms with van der Waals surface area (Å²) in [6, 6.07) is 0. The van der Waals surface area contributed by atoms with E-state index in [1.54, 1.807) is 0 Å². The molecule has 1 N–H and O–H groups in total. The first-order chi connectivity index (χ1) is 10.2. The normalized spacial score (nSPS) is 11.1. The summed E-state index contributed by atoms with van der Waals surface area (Å²) in [6.07, 6.45) is 16.5. The molecule has 0 aromatic heterocycles. The van der Waals surface area contributed by atoms with E-state index in [1.165, 1.54) is 0 Å². The molecule has 0 aromatic carbocycles. The molecule has 0 fully saturated rings. The topological polar surface area (TPSA) is 54.4 Å². The Bertz CT molecular complexity index is 295. The Morgan fingerprint density at radius 3 is 1.86 bits per heavy atom. The first kappa shape index (κ1) is 19.9. The minimum Gasteiger partial charge on any atom is -0.481 e. The maximum atomic E-state index is 11.7. The number of aliphatic carboxylic acids is 1. The second-order valence-electron chi connectivity index (χ2n) is 5.68. The van der Waals surface area contributed by atoms with Crippen LogP contribution in [0.5, 0.6) is 0 Å². The average molecular weight is 296 g/mol. The van der Waals surface area contributed by atoms with Crippen LogP contribution in [0.3, 0.4) is 0 Å². The number of carbonyl (C=O) groups excluding carboxylic acids is 1. The Kier molecular flexibility index (Phi) is 14.5. The van der Waals surface area contributed by atoms with Crippen LogP contribution in [0.4, 0.5) is 0 Å². The lowest BCUT2D eigenvalue weighted by molar-refractivity contribution is -0.137. The molecule has 21 heavy (non-hydrogen) atoms. The van der Waals surface area contributed by atoms with Crippen LogP contribution >= 0.6 is 0 Å². The lowest BCUT2D eigenvalue weighted by Gasteiger charge is -2.02. The predicted octanol–water partition coefficient (Wildman–Crippen LogP) is 5.29. The Morgan fingerprint density at radius 1 is 0.762 bits per heavy atom. The molecule has 0 atom stereocenters. The van der Waals surface area contributed by atoms with Crippen molar-refractivity contribution in [3.05, 3.63) is 12.2 Å². The highest BCUT2D eigenvalue weighted by molar-refractivity contribution is 5.78. The molecule has 0 aromatic rings. The Morgan fingerprint density at radius 2 is 1.29 bits per heavy atom. The third kappa shape index (κ3) is 16.8. The molecule has 0 spiro atoms. The van der Waals surface area contributed by atoms with Crippen molar-refractivity contribution < 1.29 is 14.7 Å². The second kappa shape index (κ2) is 15.3. The highest BCUT2D eigenvalue weighted by Crippen LogP contribution is 2.11. The Hall–Kier alpha value is -1.12. The zero-order chi connectivity index (χ0) is 15.8. The van der Waals surface area contributed by atoms with E-state index >= 15 is 0 Å². The first-order valence-corrected chi connectivity index (χ1v) is 8.55. The van der Waals surface area contributed by atoms with Crippen LogP contribution in [0.15, 0.2) is 12.2 Å². The van der Waals surface area contributed by atoms with Gasteiger partial charge in [0.15, 0.2) is 0 Å². The van der Waals surface area contributed by atoms with Crippen molar-refractivity contribution in [2.24, 2.45) is 0 Å². The number of Topliss-reactive ketones (excluding diaryl/α,β-unsaturated/α-hetero) is 1. The summed E-state index contributed by atoms with van der Waals surface area (Å²) in [6.45, 7) is 2.13. The highest BCUT2D eigenvalue weighted by atomic mass is 16.4. The molecular formula is C18H32O3. The number of hydrogen-bond acceptors (Lipinski definition) is 2. The zero-order valence-corrected chi connectivity index (χ0v) is 13.6. The lowest BCUT2D eigenvalue weighted by Crippen LogP contribution is -1.97. The maximum Gasteiger partial charge on any atom is 0.303 e. The molecule has 0 aliphatic heterocycles. The van der Waals surface area contributed by atoms with Crippen LogP contribution in [-0.2, 0) is 9.59 Å². The van der Waals surface area contributed by atoms with Crippen LogP contribution in [0.1, 0.15) is 90.4 Å². The molecule has 0 radical (unpaired) electrons. The number of hydrogen-bond donors (Lipinski definition) is 1. The van der Waals surface area contributed by atoms with Gasteiger partial charge in [0.25, 0.3) is 0 Å². The van der Waals surface area contributed by atoms with Gasteiger partial charge in [-0.1, -0.05) is 44.8 Å². The number of unbranched alkanes of at least 4 members (excludes halogenated alkanes) is 7. The molecule has 0 aliphatic rings. The van der Waals surface area contributed by atoms with E-state index in [0.29, 0.717) is 5.78 Å². The van der Waals surface area contributed by atoms with E-state index in [-0.39, 0.29) is 6.42 Å². The Balaban J connectivity index is 3.23. The van der Waals surface area contributed by atoms with Crippen molar-refractivity contribution in [2.45, 2.75) is 90.4 Å². The fraction of sp³-hybridized carbons (Fsp3) is 0.778. The van der Waals surface area contributed by atoms with Crippen molar-refractivity contribution in [2.75, 3.05) is 0 Å². The minimum atomic E-state index is -0.703. The summed E-state index contributed by atoms with van der Waals surface area (Å²) in [5, 5.41) is 8.51. The summed E-state index contributed by atoms with van der Waals surface area (Å²) < 4.78 is 0. The van der Waals surface area contributed by atoms with Gasteiger partial charge < -0.3 is 5.11 Å². The maximum absolute atomic E-state index is 11.7. The van der Waals surface area contributed by atoms with E-state index in [1.807, 2.05) is 0 Å². The highest BCUT2D eigenvalue weighted by Gasteiger charge is 2.01. The average Bonchev–Trinajstić information content (AvgIpc) is 2.45. The fourth-order valence-electron chi connectivity index (χ4n) is 2.30. The number of allylic oxidation sites excluding steroid dienone is 2. The van der Waals surface area contributed by atoms with Crippen LogP contribution in [-0.4, -0.2) is 16.9 Å². The van der Waals surface area contributed by atoms with Gasteiger partial charge in [0.1, 0.15) is 5.78 Å². The van der Waals surface area contributed by atoms with Crippen molar-refractivity contribution in [1.29, 1.82) is 0 Å². The van der Waals surface area contributed by atoms with Gasteiger partial charge in [-0.2, -0.15) is 0 Å². The Labute approximate surface area is 129 Å². The lowest BCUT2D eigenvalue weighted by atomic mass is 10.0. The molecule has 0 saturated carbocycles. The minimum absolute atomic E-state index is 0.284. The van der Waals surface area contributed by atoms with Gasteiger partial charge in [0.2, 0.25) is 0 Å². The second-order valence-corrected chi connectivity index (χ2v) is 5.68. The number of ketones is 1. The molecule has 0 rings (SSSR count). The molecule has 0 bridgehead atoms. The molecule has 0 amide bonds. The third-order valence-electron chi connectivity index (χ3n) is 3.58. The smallest absolute Gasteiger partial charge is 0.303 e. The summed E-state index contributed by atoms with van der Waals surface area (Å²) in [5.74, 6) is -0.300. The SMILES string of the molecule is CC/C=C\CCCCC(=O)CCCCCCCCC(=O)O. The summed E-state index contributed by atoms with van der Waals surface area (Å²) in [4.78, 5) is 22.0. The summed E-state index contributed by atoms with van der Waals surface area (Å²) >= 11 is 0. The van der Waals surface area contributed by atoms with Gasteiger partial charge in [-0.05, 0) is 38.5 Å². The van der Waals surface area contributed by atoms with E-state index in [0.717, 1.165) is 77.0 Å². The largest absolute Gasteiger partial charge is 0.481 e. The molecule has 122 valence electrons. The molecule has 3 nitrogen and oxygen atoms in total. The molecule has 0 aliphatic carbocycles. The van der Waals surface area contributed by atoms with E-state index in [4.69, 9.17) is 5.11 Å². The van der Waals surface area contributed by atoms with Crippen molar-refractivity contribution in [1.82, 2.24) is 0 Å². The number of carbonyl (C=O) groups is 2. The monoisotopic (exact) mass is 296 g/mol. The van der Waals surface area contributed by atoms with Crippen molar-refractivity contribution >= 4 is 11.8 Å².